The molecule has 0 saturated carbocycles. The number of esters is 7. The molecule has 28 heteroatoms. The summed E-state index contributed by atoms with van der Waals surface area (Å²) in [5.41, 5.74) is -4.47. The van der Waals surface area contributed by atoms with Gasteiger partial charge in [-0.2, -0.15) is 0 Å². The van der Waals surface area contributed by atoms with Crippen molar-refractivity contribution in [1.82, 2.24) is 0 Å². The monoisotopic (exact) mass is 1040 g/mol. The van der Waals surface area contributed by atoms with Crippen LogP contribution in [0.1, 0.15) is 48.0 Å². The Labute approximate surface area is 414 Å². The minimum Gasteiger partial charge on any atom is -0.467 e. The van der Waals surface area contributed by atoms with E-state index >= 15 is 0 Å². The Morgan fingerprint density at radius 2 is 0.986 bits per heavy atom. The molecule has 6 rings (SSSR count). The predicted molar refractivity (Wildman–Crippen MR) is 227 cm³/mol. The minimum absolute atomic E-state index is 0.184. The van der Waals surface area contributed by atoms with Crippen LogP contribution in [0.3, 0.4) is 0 Å². The second-order valence-electron chi connectivity index (χ2n) is 17.0. The predicted octanol–water partition coefficient (Wildman–Crippen LogP) is -2.07. The van der Waals surface area contributed by atoms with E-state index in [2.05, 4.69) is 0 Å². The maximum Gasteiger partial charge on any atom is 0.343 e. The zero-order valence-electron chi connectivity index (χ0n) is 42.2. The summed E-state index contributed by atoms with van der Waals surface area (Å²) >= 11 is 0. The molecular weight excluding hydrogens is 976 g/mol. The van der Waals surface area contributed by atoms with Gasteiger partial charge in [0.05, 0.1) is 20.8 Å². The van der Waals surface area contributed by atoms with Gasteiger partial charge in [-0.15, -0.1) is 0 Å². The molecule has 2 bridgehead atoms. The molecule has 410 valence electrons. The lowest BCUT2D eigenvalue weighted by Gasteiger charge is -2.57. The molecular formula is C44H66O28. The van der Waals surface area contributed by atoms with Crippen molar-refractivity contribution >= 4 is 41.8 Å². The van der Waals surface area contributed by atoms with Crippen LogP contribution >= 0.6 is 0 Å². The highest BCUT2D eigenvalue weighted by Crippen LogP contribution is 2.46. The topological polar surface area (TPSA) is 324 Å². The zero-order valence-corrected chi connectivity index (χ0v) is 42.2. The van der Waals surface area contributed by atoms with Gasteiger partial charge in [-0.3, -0.25) is 24.0 Å². The van der Waals surface area contributed by atoms with E-state index < -0.39 is 183 Å². The largest absolute Gasteiger partial charge is 0.467 e. The highest BCUT2D eigenvalue weighted by molar-refractivity contribution is 5.82. The molecule has 6 aliphatic heterocycles. The van der Waals surface area contributed by atoms with Gasteiger partial charge < -0.3 is 99.8 Å². The summed E-state index contributed by atoms with van der Waals surface area (Å²) in [7, 11) is 8.41. The third kappa shape index (κ3) is 12.1. The molecule has 6 heterocycles. The summed E-state index contributed by atoms with van der Waals surface area (Å²) < 4.78 is 118. The molecule has 0 radical (unpaired) electrons. The summed E-state index contributed by atoms with van der Waals surface area (Å²) in [6, 6.07) is 0. The van der Waals surface area contributed by atoms with Gasteiger partial charge in [-0.1, -0.05) is 6.92 Å². The van der Waals surface area contributed by atoms with Crippen molar-refractivity contribution in [3.05, 3.63) is 0 Å². The third-order valence-corrected chi connectivity index (χ3v) is 12.6. The van der Waals surface area contributed by atoms with E-state index in [9.17, 15) is 38.7 Å². The van der Waals surface area contributed by atoms with Crippen molar-refractivity contribution in [2.45, 2.75) is 170 Å². The number of carbonyl (C=O) groups excluding carboxylic acids is 7. The Morgan fingerprint density at radius 1 is 0.500 bits per heavy atom. The summed E-state index contributed by atoms with van der Waals surface area (Å²) in [4.78, 5) is 90.4. The molecule has 6 fully saturated rings. The number of hydrogen-bond donors (Lipinski definition) is 1. The number of aliphatic hydroxyl groups excluding tert-OH is 1. The van der Waals surface area contributed by atoms with Crippen LogP contribution in [0.4, 0.5) is 0 Å². The fourth-order valence-corrected chi connectivity index (χ4v) is 9.46. The van der Waals surface area contributed by atoms with Crippen LogP contribution in [0.5, 0.6) is 0 Å². The first-order valence-electron chi connectivity index (χ1n) is 22.7. The molecule has 20 unspecified atom stereocenters. The molecule has 0 aliphatic carbocycles. The van der Waals surface area contributed by atoms with E-state index in [-0.39, 0.29) is 6.42 Å². The molecule has 28 nitrogen and oxygen atoms in total. The van der Waals surface area contributed by atoms with Crippen molar-refractivity contribution in [3.8, 4) is 0 Å². The van der Waals surface area contributed by atoms with Gasteiger partial charge in [0, 0.05) is 70.2 Å². The van der Waals surface area contributed by atoms with Crippen molar-refractivity contribution in [3.63, 3.8) is 0 Å². The summed E-state index contributed by atoms with van der Waals surface area (Å²) in [6.07, 6.45) is -27.2. The van der Waals surface area contributed by atoms with Gasteiger partial charge in [-0.25, -0.2) is 9.59 Å². The lowest BCUT2D eigenvalue weighted by molar-refractivity contribution is -0.430. The highest BCUT2D eigenvalue weighted by atomic mass is 16.8. The average molecular weight is 1040 g/mol. The second-order valence-corrected chi connectivity index (χ2v) is 17.0. The van der Waals surface area contributed by atoms with E-state index in [1.54, 1.807) is 0 Å². The summed E-state index contributed by atoms with van der Waals surface area (Å²) in [5, 5.41) is 11.5. The molecule has 6 saturated heterocycles. The Morgan fingerprint density at radius 3 is 1.46 bits per heavy atom. The van der Waals surface area contributed by atoms with E-state index in [4.69, 9.17) is 94.7 Å². The maximum atomic E-state index is 14.2. The molecule has 0 amide bonds. The number of aliphatic hydroxyl groups is 1. The molecule has 0 spiro atoms. The fraction of sp³-hybridized carbons (Fsp3) is 0.841. The zero-order chi connectivity index (χ0) is 53.4. The lowest BCUT2D eigenvalue weighted by Crippen LogP contribution is -2.78. The van der Waals surface area contributed by atoms with Crippen molar-refractivity contribution in [2.24, 2.45) is 0 Å². The Hall–Kier alpha value is -4.27. The molecule has 0 aromatic heterocycles. The lowest BCUT2D eigenvalue weighted by atomic mass is 9.83. The number of ether oxygens (including phenoxy) is 20. The van der Waals surface area contributed by atoms with Crippen LogP contribution in [0.2, 0.25) is 0 Å². The molecule has 6 aliphatic rings. The van der Waals surface area contributed by atoms with Crippen LogP contribution in [-0.4, -0.2) is 238 Å². The van der Waals surface area contributed by atoms with E-state index in [0.717, 1.165) is 41.9 Å². The third-order valence-electron chi connectivity index (χ3n) is 12.6. The van der Waals surface area contributed by atoms with E-state index in [1.807, 2.05) is 0 Å². The van der Waals surface area contributed by atoms with Gasteiger partial charge in [0.25, 0.3) is 0 Å². The fourth-order valence-electron chi connectivity index (χ4n) is 9.46. The first-order chi connectivity index (χ1) is 34.1. The van der Waals surface area contributed by atoms with Crippen molar-refractivity contribution in [1.29, 1.82) is 0 Å². The van der Waals surface area contributed by atoms with Crippen LogP contribution in [-0.2, 0) is 128 Å². The quantitative estimate of drug-likeness (QED) is 0.0953. The molecule has 0 aromatic rings. The van der Waals surface area contributed by atoms with Crippen LogP contribution in [0.15, 0.2) is 0 Å². The molecule has 1 N–H and O–H groups in total. The second kappa shape index (κ2) is 25.3. The number of methoxy groups -OCH3 is 7. The van der Waals surface area contributed by atoms with E-state index in [1.165, 1.54) is 49.4 Å². The number of hydrogen-bond acceptors (Lipinski definition) is 28. The Kier molecular flexibility index (Phi) is 20.6. The van der Waals surface area contributed by atoms with Crippen molar-refractivity contribution in [2.75, 3.05) is 69.6 Å². The minimum atomic E-state index is -2.35. The number of rotatable bonds is 21. The first kappa shape index (κ1) is 58.6. The number of fused-ring (bicyclic) bond motifs is 3. The Balaban J connectivity index is 1.58. The normalized spacial score (nSPS) is 39.5. The van der Waals surface area contributed by atoms with E-state index in [0.29, 0.717) is 0 Å². The highest BCUT2D eigenvalue weighted by Gasteiger charge is 2.69. The van der Waals surface area contributed by atoms with Crippen LogP contribution < -0.4 is 0 Å². The van der Waals surface area contributed by atoms with Gasteiger partial charge >= 0.3 is 41.8 Å². The summed E-state index contributed by atoms with van der Waals surface area (Å²) in [5.74, 6) is -6.25. The Bertz CT molecular complexity index is 1900. The maximum absolute atomic E-state index is 14.2. The summed E-state index contributed by atoms with van der Waals surface area (Å²) in [6.45, 7) is 5.31. The standard InChI is InChI=1S/C44H66O28/c1-14-43(41(51)58-12)35(50)29(54-8)31(56-10)39(71-43)69-26-24(16-61-19(3)46)67-38(34(65-22(6)49)28(26)63-20(4)47)70-36-30(55-9)32-40(72-44(36,17-62-32)42(52)59-13)68-25-23(15-60-18(2)45)66-37(57-11)33(27(25)53-7)64-21(5)48/h23-40,50H,14-17H2,1-13H3. The van der Waals surface area contributed by atoms with Gasteiger partial charge in [0.2, 0.25) is 5.60 Å². The molecule has 20 atom stereocenters. The van der Waals surface area contributed by atoms with Gasteiger partial charge in [0.1, 0.15) is 80.4 Å². The number of carbonyl (C=O) groups is 7. The van der Waals surface area contributed by atoms with Crippen LogP contribution in [0.25, 0.3) is 0 Å². The first-order valence-corrected chi connectivity index (χ1v) is 22.7. The van der Waals surface area contributed by atoms with Crippen molar-refractivity contribution < 1.29 is 133 Å². The van der Waals surface area contributed by atoms with Gasteiger partial charge in [0.15, 0.2) is 49.1 Å². The van der Waals surface area contributed by atoms with Crippen LogP contribution in [0, 0.1) is 0 Å². The molecule has 0 aromatic carbocycles. The smallest absolute Gasteiger partial charge is 0.343 e. The van der Waals surface area contributed by atoms with Gasteiger partial charge in [-0.05, 0) is 6.42 Å². The SMILES string of the molecule is CCC1(C(=O)OC)OC(OC2C(COC(C)=O)OC(OC3C(OC)C4OCC3(C(=O)OC)OC4OC3C(COC(C)=O)OC(OC)C(OC(C)=O)C3OC)C(OC(C)=O)C2OC(C)=O)C(OC)C(OC)C1O. The molecule has 72 heavy (non-hydrogen) atoms. The average Bonchev–Trinajstić information content (AvgIpc) is 3.34.